The van der Waals surface area contributed by atoms with Gasteiger partial charge in [-0.05, 0) is 31.9 Å². The van der Waals surface area contributed by atoms with Gasteiger partial charge in [0.1, 0.15) is 0 Å². The Balaban J connectivity index is 2.27. The van der Waals surface area contributed by atoms with Crippen LogP contribution in [0.15, 0.2) is 18.2 Å². The summed E-state index contributed by atoms with van der Waals surface area (Å²) in [4.78, 5) is 16.0. The second-order valence-corrected chi connectivity index (χ2v) is 4.45. The van der Waals surface area contributed by atoms with Crippen molar-refractivity contribution in [1.82, 2.24) is 15.6 Å². The molecule has 0 unspecified atom stereocenters. The summed E-state index contributed by atoms with van der Waals surface area (Å²) >= 11 is 0. The monoisotopic (exact) mass is 249 g/mol. The molecule has 1 heterocycles. The van der Waals surface area contributed by atoms with Crippen LogP contribution in [0.1, 0.15) is 38.1 Å². The third kappa shape index (κ3) is 5.27. The van der Waals surface area contributed by atoms with Crippen LogP contribution in [0.3, 0.4) is 0 Å². The Morgan fingerprint density at radius 3 is 2.67 bits per heavy atom. The summed E-state index contributed by atoms with van der Waals surface area (Å²) < 4.78 is 0. The van der Waals surface area contributed by atoms with Gasteiger partial charge in [-0.3, -0.25) is 9.78 Å². The zero-order chi connectivity index (χ0) is 13.4. The van der Waals surface area contributed by atoms with Gasteiger partial charge in [0.2, 0.25) is 5.91 Å². The lowest BCUT2D eigenvalue weighted by atomic mass is 10.2. The molecule has 4 heteroatoms. The lowest BCUT2D eigenvalue weighted by Crippen LogP contribution is -2.39. The number of carbonyl (C=O) groups excluding carboxylic acids is 1. The van der Waals surface area contributed by atoms with Gasteiger partial charge in [0.15, 0.2) is 0 Å². The third-order valence-corrected chi connectivity index (χ3v) is 2.89. The van der Waals surface area contributed by atoms with Gasteiger partial charge in [-0.15, -0.1) is 0 Å². The number of pyridine rings is 1. The largest absolute Gasteiger partial charge is 0.352 e. The highest BCUT2D eigenvalue weighted by Crippen LogP contribution is 1.97. The normalized spacial score (nSPS) is 10.7. The summed E-state index contributed by atoms with van der Waals surface area (Å²) in [6.07, 6.45) is 1.95. The second-order valence-electron chi connectivity index (χ2n) is 4.45. The molecule has 0 saturated heterocycles. The molecule has 0 bridgehead atoms. The number of rotatable bonds is 7. The molecule has 100 valence electrons. The lowest BCUT2D eigenvalue weighted by molar-refractivity contribution is -0.121. The molecule has 0 aromatic carbocycles. The number of hydrogen-bond donors (Lipinski definition) is 2. The van der Waals surface area contributed by atoms with E-state index in [1.807, 2.05) is 25.1 Å². The summed E-state index contributed by atoms with van der Waals surface area (Å²) in [5.74, 6) is 0.0522. The molecule has 0 radical (unpaired) electrons. The summed E-state index contributed by atoms with van der Waals surface area (Å²) in [5.41, 5.74) is 1.96. The van der Waals surface area contributed by atoms with E-state index in [2.05, 4.69) is 29.5 Å². The first-order valence-electron chi connectivity index (χ1n) is 6.58. The first kappa shape index (κ1) is 14.6. The SMILES string of the molecule is CCC(CC)NC(=O)CNCc1cccc(C)n1. The van der Waals surface area contributed by atoms with Gasteiger partial charge < -0.3 is 10.6 Å². The minimum Gasteiger partial charge on any atom is -0.352 e. The summed E-state index contributed by atoms with van der Waals surface area (Å²) in [5, 5.41) is 6.10. The molecular weight excluding hydrogens is 226 g/mol. The Bertz CT molecular complexity index is 375. The summed E-state index contributed by atoms with van der Waals surface area (Å²) in [7, 11) is 0. The Morgan fingerprint density at radius 2 is 2.06 bits per heavy atom. The third-order valence-electron chi connectivity index (χ3n) is 2.89. The molecule has 0 aliphatic heterocycles. The van der Waals surface area contributed by atoms with E-state index in [4.69, 9.17) is 0 Å². The van der Waals surface area contributed by atoms with E-state index in [1.165, 1.54) is 0 Å². The van der Waals surface area contributed by atoms with Crippen LogP contribution >= 0.6 is 0 Å². The molecule has 0 spiro atoms. The topological polar surface area (TPSA) is 54.0 Å². The van der Waals surface area contributed by atoms with Gasteiger partial charge in [-0.25, -0.2) is 0 Å². The molecule has 0 saturated carbocycles. The molecule has 1 aromatic rings. The zero-order valence-electron chi connectivity index (χ0n) is 11.5. The van der Waals surface area contributed by atoms with Crippen molar-refractivity contribution >= 4 is 5.91 Å². The maximum Gasteiger partial charge on any atom is 0.234 e. The summed E-state index contributed by atoms with van der Waals surface area (Å²) in [6.45, 7) is 7.09. The van der Waals surface area contributed by atoms with E-state index in [1.54, 1.807) is 0 Å². The number of carbonyl (C=O) groups is 1. The van der Waals surface area contributed by atoms with Crippen molar-refractivity contribution in [2.75, 3.05) is 6.54 Å². The standard InChI is InChI=1S/C14H23N3O/c1-4-12(5-2)17-14(18)10-15-9-13-8-6-7-11(3)16-13/h6-8,12,15H,4-5,9-10H2,1-3H3,(H,17,18). The Kier molecular flexibility index (Phi) is 6.36. The Hall–Kier alpha value is -1.42. The van der Waals surface area contributed by atoms with Gasteiger partial charge in [-0.2, -0.15) is 0 Å². The molecule has 1 aromatic heterocycles. The Labute approximate surface area is 109 Å². The molecule has 0 atom stereocenters. The lowest BCUT2D eigenvalue weighted by Gasteiger charge is -2.14. The fourth-order valence-electron chi connectivity index (χ4n) is 1.77. The molecule has 18 heavy (non-hydrogen) atoms. The van der Waals surface area contributed by atoms with Crippen molar-refractivity contribution in [3.8, 4) is 0 Å². The first-order chi connectivity index (χ1) is 8.65. The van der Waals surface area contributed by atoms with Crippen LogP contribution in [0.4, 0.5) is 0 Å². The average molecular weight is 249 g/mol. The minimum absolute atomic E-state index is 0.0522. The molecular formula is C14H23N3O. The molecule has 0 fully saturated rings. The number of nitrogens with zero attached hydrogens (tertiary/aromatic N) is 1. The number of aryl methyl sites for hydroxylation is 1. The molecule has 4 nitrogen and oxygen atoms in total. The highest BCUT2D eigenvalue weighted by atomic mass is 16.1. The molecule has 1 amide bonds. The van der Waals surface area contributed by atoms with E-state index in [9.17, 15) is 4.79 Å². The van der Waals surface area contributed by atoms with Gasteiger partial charge >= 0.3 is 0 Å². The van der Waals surface area contributed by atoms with E-state index < -0.39 is 0 Å². The van der Waals surface area contributed by atoms with Crippen LogP contribution in [-0.2, 0) is 11.3 Å². The second kappa shape index (κ2) is 7.82. The summed E-state index contributed by atoms with van der Waals surface area (Å²) in [6, 6.07) is 6.18. The fraction of sp³-hybridized carbons (Fsp3) is 0.571. The minimum atomic E-state index is 0.0522. The van der Waals surface area contributed by atoms with Crippen LogP contribution in [0, 0.1) is 6.92 Å². The average Bonchev–Trinajstić information content (AvgIpc) is 2.36. The smallest absolute Gasteiger partial charge is 0.234 e. The molecule has 2 N–H and O–H groups in total. The van der Waals surface area contributed by atoms with Crippen molar-refractivity contribution in [2.45, 2.75) is 46.2 Å². The van der Waals surface area contributed by atoms with Crippen molar-refractivity contribution in [1.29, 1.82) is 0 Å². The maximum absolute atomic E-state index is 11.6. The van der Waals surface area contributed by atoms with Crippen molar-refractivity contribution in [3.63, 3.8) is 0 Å². The van der Waals surface area contributed by atoms with Crippen LogP contribution in [0.2, 0.25) is 0 Å². The Morgan fingerprint density at radius 1 is 1.33 bits per heavy atom. The quantitative estimate of drug-likeness (QED) is 0.774. The number of amides is 1. The van der Waals surface area contributed by atoms with E-state index >= 15 is 0 Å². The van der Waals surface area contributed by atoms with Gasteiger partial charge in [0, 0.05) is 18.3 Å². The highest BCUT2D eigenvalue weighted by Gasteiger charge is 2.07. The van der Waals surface area contributed by atoms with Crippen LogP contribution in [-0.4, -0.2) is 23.5 Å². The zero-order valence-corrected chi connectivity index (χ0v) is 11.5. The van der Waals surface area contributed by atoms with Gasteiger partial charge in [-0.1, -0.05) is 19.9 Å². The number of nitrogens with one attached hydrogen (secondary N) is 2. The highest BCUT2D eigenvalue weighted by molar-refractivity contribution is 5.78. The molecule has 0 aliphatic rings. The fourth-order valence-corrected chi connectivity index (χ4v) is 1.77. The van der Waals surface area contributed by atoms with Crippen molar-refractivity contribution in [2.24, 2.45) is 0 Å². The molecule has 1 rings (SSSR count). The number of aromatic nitrogens is 1. The van der Waals surface area contributed by atoms with Gasteiger partial charge in [0.25, 0.3) is 0 Å². The van der Waals surface area contributed by atoms with Gasteiger partial charge in [0.05, 0.1) is 12.2 Å². The van der Waals surface area contributed by atoms with E-state index in [0.29, 0.717) is 13.1 Å². The predicted octanol–water partition coefficient (Wildman–Crippen LogP) is 1.78. The predicted molar refractivity (Wildman–Crippen MR) is 73.2 cm³/mol. The van der Waals surface area contributed by atoms with Crippen LogP contribution in [0.25, 0.3) is 0 Å². The number of hydrogen-bond acceptors (Lipinski definition) is 3. The molecule has 0 aliphatic carbocycles. The maximum atomic E-state index is 11.6. The van der Waals surface area contributed by atoms with Crippen molar-refractivity contribution < 1.29 is 4.79 Å². The van der Waals surface area contributed by atoms with E-state index in [-0.39, 0.29) is 11.9 Å². The van der Waals surface area contributed by atoms with Crippen LogP contribution in [0.5, 0.6) is 0 Å². The first-order valence-corrected chi connectivity index (χ1v) is 6.58. The van der Waals surface area contributed by atoms with Crippen LogP contribution < -0.4 is 10.6 Å². The van der Waals surface area contributed by atoms with E-state index in [0.717, 1.165) is 24.2 Å². The van der Waals surface area contributed by atoms with Crippen molar-refractivity contribution in [3.05, 3.63) is 29.6 Å².